The summed E-state index contributed by atoms with van der Waals surface area (Å²) in [5.74, 6) is 0.844. The smallest absolute Gasteiger partial charge is 0.137 e. The number of hydrogen-bond acceptors (Lipinski definition) is 2. The Bertz CT molecular complexity index is 2530. The maximum absolute atomic E-state index is 6.44. The van der Waals surface area contributed by atoms with Gasteiger partial charge in [0.1, 0.15) is 11.3 Å². The first kappa shape index (κ1) is 27.9. The Morgan fingerprint density at radius 2 is 0.938 bits per heavy atom. The Labute approximate surface area is 279 Å². The number of hydrogen-bond donors (Lipinski definition) is 0. The molecule has 9 aromatic rings. The number of para-hydroxylation sites is 2. The van der Waals surface area contributed by atoms with Crippen LogP contribution in [0.3, 0.4) is 0 Å². The van der Waals surface area contributed by atoms with Crippen LogP contribution in [0.5, 0.6) is 0 Å². The zero-order chi connectivity index (χ0) is 31.9. The summed E-state index contributed by atoms with van der Waals surface area (Å²) in [6.07, 6.45) is 0. The molecule has 0 atom stereocenters. The fourth-order valence-corrected chi connectivity index (χ4v) is 6.95. The van der Waals surface area contributed by atoms with Gasteiger partial charge in [0.25, 0.3) is 0 Å². The van der Waals surface area contributed by atoms with Gasteiger partial charge in [-0.05, 0) is 92.3 Å². The van der Waals surface area contributed by atoms with E-state index in [2.05, 4.69) is 181 Å². The van der Waals surface area contributed by atoms with E-state index >= 15 is 0 Å². The van der Waals surface area contributed by atoms with Gasteiger partial charge in [0.15, 0.2) is 0 Å². The molecule has 0 aliphatic carbocycles. The summed E-state index contributed by atoms with van der Waals surface area (Å²) >= 11 is 0. The van der Waals surface area contributed by atoms with Crippen LogP contribution in [0.1, 0.15) is 0 Å². The molecule has 226 valence electrons. The van der Waals surface area contributed by atoms with Crippen LogP contribution in [-0.4, -0.2) is 0 Å². The van der Waals surface area contributed by atoms with Crippen molar-refractivity contribution in [1.29, 1.82) is 0 Å². The number of fused-ring (bicyclic) bond motifs is 4. The second kappa shape index (κ2) is 11.8. The molecule has 8 aromatic carbocycles. The molecule has 0 unspecified atom stereocenters. The normalized spacial score (nSPS) is 11.3. The first-order chi connectivity index (χ1) is 23.8. The summed E-state index contributed by atoms with van der Waals surface area (Å²) < 4.78 is 6.44. The summed E-state index contributed by atoms with van der Waals surface area (Å²) in [6.45, 7) is 0. The molecule has 0 bridgehead atoms. The molecule has 0 fully saturated rings. The van der Waals surface area contributed by atoms with Crippen LogP contribution in [0.25, 0.3) is 66.1 Å². The molecule has 0 spiro atoms. The molecule has 0 aliphatic heterocycles. The predicted molar refractivity (Wildman–Crippen MR) is 202 cm³/mol. The van der Waals surface area contributed by atoms with Gasteiger partial charge in [-0.25, -0.2) is 0 Å². The van der Waals surface area contributed by atoms with E-state index in [1.165, 1.54) is 43.8 Å². The zero-order valence-corrected chi connectivity index (χ0v) is 26.3. The summed E-state index contributed by atoms with van der Waals surface area (Å²) in [6, 6.07) is 66.9. The minimum atomic E-state index is 0.844. The van der Waals surface area contributed by atoms with Gasteiger partial charge in [0.2, 0.25) is 0 Å². The van der Waals surface area contributed by atoms with E-state index in [1.807, 2.05) is 12.1 Å². The van der Waals surface area contributed by atoms with Crippen molar-refractivity contribution in [2.45, 2.75) is 0 Å². The number of nitrogens with zero attached hydrogens (tertiary/aromatic N) is 1. The maximum Gasteiger partial charge on any atom is 0.137 e. The van der Waals surface area contributed by atoms with Gasteiger partial charge in [-0.1, -0.05) is 140 Å². The zero-order valence-electron chi connectivity index (χ0n) is 26.3. The van der Waals surface area contributed by atoms with Crippen LogP contribution < -0.4 is 4.90 Å². The molecule has 0 N–H and O–H groups in total. The number of furan rings is 1. The Morgan fingerprint density at radius 1 is 0.354 bits per heavy atom. The highest BCUT2D eigenvalue weighted by Gasteiger charge is 2.20. The lowest BCUT2D eigenvalue weighted by molar-refractivity contribution is 0.631. The van der Waals surface area contributed by atoms with Crippen molar-refractivity contribution in [2.24, 2.45) is 0 Å². The summed E-state index contributed by atoms with van der Waals surface area (Å²) in [5.41, 5.74) is 9.93. The van der Waals surface area contributed by atoms with Crippen molar-refractivity contribution in [1.82, 2.24) is 0 Å². The maximum atomic E-state index is 6.44. The van der Waals surface area contributed by atoms with E-state index in [0.29, 0.717) is 0 Å². The van der Waals surface area contributed by atoms with E-state index in [-0.39, 0.29) is 0 Å². The van der Waals surface area contributed by atoms with Crippen molar-refractivity contribution in [3.8, 4) is 33.6 Å². The van der Waals surface area contributed by atoms with E-state index in [1.54, 1.807) is 0 Å². The Hall–Kier alpha value is -6.38. The molecular weight excluding hydrogens is 583 g/mol. The molecular formula is C46H31NO. The third kappa shape index (κ3) is 4.92. The molecule has 0 amide bonds. The molecule has 0 saturated heterocycles. The lowest BCUT2D eigenvalue weighted by Crippen LogP contribution is -2.11. The third-order valence-corrected chi connectivity index (χ3v) is 9.27. The molecule has 2 nitrogen and oxygen atoms in total. The van der Waals surface area contributed by atoms with E-state index in [4.69, 9.17) is 4.42 Å². The van der Waals surface area contributed by atoms with Gasteiger partial charge >= 0.3 is 0 Å². The topological polar surface area (TPSA) is 16.4 Å². The fourth-order valence-electron chi connectivity index (χ4n) is 6.95. The van der Waals surface area contributed by atoms with Crippen LogP contribution in [0, 0.1) is 0 Å². The standard InChI is InChI=1S/C46H31NO/c1-2-12-32(13-3-1)39-17-7-8-18-41(39)34-24-26-37(27-25-34)47(38-28-29-42-35(30-38)23-22-33-14-4-6-16-40(33)42)44-20-10-9-19-43(44)46-31-36-15-5-11-21-45(36)48-46/h1-31H. The molecule has 48 heavy (non-hydrogen) atoms. The van der Waals surface area contributed by atoms with Crippen molar-refractivity contribution in [3.05, 3.63) is 188 Å². The van der Waals surface area contributed by atoms with Crippen molar-refractivity contribution < 1.29 is 4.42 Å². The number of anilines is 3. The number of benzene rings is 8. The number of rotatable bonds is 6. The average molecular weight is 614 g/mol. The molecule has 9 rings (SSSR count). The first-order valence-corrected chi connectivity index (χ1v) is 16.3. The summed E-state index contributed by atoms with van der Waals surface area (Å²) in [7, 11) is 0. The van der Waals surface area contributed by atoms with Crippen LogP contribution >= 0.6 is 0 Å². The minimum Gasteiger partial charge on any atom is -0.456 e. The van der Waals surface area contributed by atoms with Gasteiger partial charge in [-0.2, -0.15) is 0 Å². The highest BCUT2D eigenvalue weighted by atomic mass is 16.3. The van der Waals surface area contributed by atoms with E-state index in [9.17, 15) is 0 Å². The molecule has 1 aromatic heterocycles. The van der Waals surface area contributed by atoms with Crippen LogP contribution in [-0.2, 0) is 0 Å². The fraction of sp³-hybridized carbons (Fsp3) is 0. The first-order valence-electron chi connectivity index (χ1n) is 16.3. The quantitative estimate of drug-likeness (QED) is 0.174. The highest BCUT2D eigenvalue weighted by Crippen LogP contribution is 2.44. The lowest BCUT2D eigenvalue weighted by atomic mass is 9.94. The lowest BCUT2D eigenvalue weighted by Gasteiger charge is -2.28. The summed E-state index contributed by atoms with van der Waals surface area (Å²) in [5, 5.41) is 6.04. The van der Waals surface area contributed by atoms with E-state index < -0.39 is 0 Å². The highest BCUT2D eigenvalue weighted by molar-refractivity contribution is 6.08. The van der Waals surface area contributed by atoms with Crippen LogP contribution in [0.15, 0.2) is 192 Å². The van der Waals surface area contributed by atoms with Crippen molar-refractivity contribution >= 4 is 49.6 Å². The second-order valence-corrected chi connectivity index (χ2v) is 12.2. The van der Waals surface area contributed by atoms with Gasteiger partial charge in [-0.15, -0.1) is 0 Å². The summed E-state index contributed by atoms with van der Waals surface area (Å²) in [4.78, 5) is 2.35. The van der Waals surface area contributed by atoms with Crippen LogP contribution in [0.4, 0.5) is 17.1 Å². The van der Waals surface area contributed by atoms with Crippen LogP contribution in [0.2, 0.25) is 0 Å². The Kier molecular flexibility index (Phi) is 6.84. The van der Waals surface area contributed by atoms with Gasteiger partial charge in [-0.3, -0.25) is 0 Å². The minimum absolute atomic E-state index is 0.844. The van der Waals surface area contributed by atoms with Gasteiger partial charge in [0, 0.05) is 22.3 Å². The Balaban J connectivity index is 1.21. The Morgan fingerprint density at radius 3 is 1.73 bits per heavy atom. The SMILES string of the molecule is c1ccc(-c2ccccc2-c2ccc(N(c3ccc4c(ccc5ccccc54)c3)c3ccccc3-c3cc4ccccc4o3)cc2)cc1. The van der Waals surface area contributed by atoms with Crippen molar-refractivity contribution in [3.63, 3.8) is 0 Å². The third-order valence-electron chi connectivity index (χ3n) is 9.27. The molecule has 0 aliphatic rings. The largest absolute Gasteiger partial charge is 0.456 e. The molecule has 2 heteroatoms. The van der Waals surface area contributed by atoms with Gasteiger partial charge < -0.3 is 9.32 Å². The van der Waals surface area contributed by atoms with Gasteiger partial charge in [0.05, 0.1) is 5.69 Å². The van der Waals surface area contributed by atoms with E-state index in [0.717, 1.165) is 39.4 Å². The second-order valence-electron chi connectivity index (χ2n) is 12.2. The predicted octanol–water partition coefficient (Wildman–Crippen LogP) is 13.2. The molecule has 1 heterocycles. The average Bonchev–Trinajstić information content (AvgIpc) is 3.60. The van der Waals surface area contributed by atoms with Crippen molar-refractivity contribution in [2.75, 3.05) is 4.90 Å². The molecule has 0 radical (unpaired) electrons. The monoisotopic (exact) mass is 613 g/mol. The molecule has 0 saturated carbocycles.